The molecule has 0 saturated carbocycles. The van der Waals surface area contributed by atoms with Crippen molar-refractivity contribution >= 4 is 0 Å². The maximum atomic E-state index is 3.73. The highest BCUT2D eigenvalue weighted by atomic mass is 14.1. The lowest BCUT2D eigenvalue weighted by Gasteiger charge is -2.13. The summed E-state index contributed by atoms with van der Waals surface area (Å²) in [6.07, 6.45) is 7.47. The Morgan fingerprint density at radius 1 is 1.40 bits per heavy atom. The molecular weight excluding hydrogens is 120 g/mol. The Labute approximate surface area is 64.6 Å². The van der Waals surface area contributed by atoms with E-state index in [0.717, 1.165) is 12.3 Å². The predicted octanol–water partition coefficient (Wildman–Crippen LogP) is 3.41. The molecule has 10 heavy (non-hydrogen) atoms. The van der Waals surface area contributed by atoms with Crippen LogP contribution in [0.1, 0.15) is 27.2 Å². The standard InChI is InChI=1S/C10H18/c1-5-7-10(8-6-2)9(3)4/h5-6,8-10H,1,7H2,2-4H3/b8-6-/t10-/m0/s1. The topological polar surface area (TPSA) is 0 Å². The molecule has 0 aliphatic carbocycles. The summed E-state index contributed by atoms with van der Waals surface area (Å²) in [5.41, 5.74) is 0. The minimum atomic E-state index is 0.683. The van der Waals surface area contributed by atoms with E-state index in [1.165, 1.54) is 0 Å². The SMILES string of the molecule is C=CC[C@@H](/C=C\C)C(C)C. The number of allylic oxidation sites excluding steroid dienone is 3. The van der Waals surface area contributed by atoms with Crippen LogP contribution in [0.4, 0.5) is 0 Å². The van der Waals surface area contributed by atoms with E-state index in [4.69, 9.17) is 0 Å². The molecule has 0 fully saturated rings. The van der Waals surface area contributed by atoms with Gasteiger partial charge in [-0.2, -0.15) is 0 Å². The Kier molecular flexibility index (Phi) is 5.00. The van der Waals surface area contributed by atoms with Gasteiger partial charge in [-0.3, -0.25) is 0 Å². The molecule has 0 N–H and O–H groups in total. The van der Waals surface area contributed by atoms with E-state index < -0.39 is 0 Å². The van der Waals surface area contributed by atoms with Crippen molar-refractivity contribution in [2.24, 2.45) is 11.8 Å². The Hall–Kier alpha value is -0.520. The maximum absolute atomic E-state index is 3.73. The third-order valence-electron chi connectivity index (χ3n) is 1.73. The van der Waals surface area contributed by atoms with Crippen molar-refractivity contribution in [3.63, 3.8) is 0 Å². The van der Waals surface area contributed by atoms with Crippen LogP contribution in [-0.4, -0.2) is 0 Å². The fraction of sp³-hybridized carbons (Fsp3) is 0.600. The zero-order valence-corrected chi connectivity index (χ0v) is 7.30. The first-order valence-electron chi connectivity index (χ1n) is 3.96. The second-order valence-corrected chi connectivity index (χ2v) is 2.96. The summed E-state index contributed by atoms with van der Waals surface area (Å²) < 4.78 is 0. The Morgan fingerprint density at radius 3 is 2.30 bits per heavy atom. The van der Waals surface area contributed by atoms with Crippen LogP contribution in [0.3, 0.4) is 0 Å². The molecule has 0 heteroatoms. The van der Waals surface area contributed by atoms with E-state index in [0.29, 0.717) is 5.92 Å². The molecule has 0 aliphatic rings. The van der Waals surface area contributed by atoms with Crippen molar-refractivity contribution in [3.8, 4) is 0 Å². The first-order chi connectivity index (χ1) is 4.72. The number of rotatable bonds is 4. The molecule has 0 aromatic carbocycles. The van der Waals surface area contributed by atoms with Crippen LogP contribution in [-0.2, 0) is 0 Å². The molecule has 0 rings (SSSR count). The lowest BCUT2D eigenvalue weighted by Crippen LogP contribution is -2.03. The molecular formula is C10H18. The van der Waals surface area contributed by atoms with Gasteiger partial charge in [-0.15, -0.1) is 6.58 Å². The molecule has 58 valence electrons. The molecule has 0 saturated heterocycles. The molecule has 0 aromatic rings. The molecule has 0 aliphatic heterocycles. The van der Waals surface area contributed by atoms with Crippen LogP contribution in [0.5, 0.6) is 0 Å². The molecule has 0 radical (unpaired) electrons. The van der Waals surface area contributed by atoms with Crippen LogP contribution in [0.25, 0.3) is 0 Å². The highest BCUT2D eigenvalue weighted by Crippen LogP contribution is 2.16. The molecule has 0 bridgehead atoms. The summed E-state index contributed by atoms with van der Waals surface area (Å²) in [6.45, 7) is 10.3. The van der Waals surface area contributed by atoms with Gasteiger partial charge in [0.05, 0.1) is 0 Å². The monoisotopic (exact) mass is 138 g/mol. The molecule has 0 nitrogen and oxygen atoms in total. The zero-order chi connectivity index (χ0) is 7.98. The zero-order valence-electron chi connectivity index (χ0n) is 7.30. The Balaban J connectivity index is 3.84. The highest BCUT2D eigenvalue weighted by Gasteiger charge is 2.05. The van der Waals surface area contributed by atoms with Gasteiger partial charge in [0, 0.05) is 0 Å². The van der Waals surface area contributed by atoms with Gasteiger partial charge >= 0.3 is 0 Å². The van der Waals surface area contributed by atoms with Gasteiger partial charge in [-0.1, -0.05) is 32.1 Å². The van der Waals surface area contributed by atoms with E-state index in [1.807, 2.05) is 6.08 Å². The van der Waals surface area contributed by atoms with Gasteiger partial charge in [-0.25, -0.2) is 0 Å². The van der Waals surface area contributed by atoms with Gasteiger partial charge in [0.15, 0.2) is 0 Å². The van der Waals surface area contributed by atoms with Crippen molar-refractivity contribution < 1.29 is 0 Å². The van der Waals surface area contributed by atoms with Gasteiger partial charge in [0.1, 0.15) is 0 Å². The fourth-order valence-corrected chi connectivity index (χ4v) is 1.01. The summed E-state index contributed by atoms with van der Waals surface area (Å²) in [7, 11) is 0. The molecule has 1 atom stereocenters. The van der Waals surface area contributed by atoms with Crippen LogP contribution < -0.4 is 0 Å². The minimum absolute atomic E-state index is 0.683. The quantitative estimate of drug-likeness (QED) is 0.522. The van der Waals surface area contributed by atoms with Gasteiger partial charge < -0.3 is 0 Å². The number of hydrogen-bond acceptors (Lipinski definition) is 0. The summed E-state index contributed by atoms with van der Waals surface area (Å²) in [5.74, 6) is 1.41. The molecule has 0 heterocycles. The smallest absolute Gasteiger partial charge is 0.0176 e. The minimum Gasteiger partial charge on any atom is -0.103 e. The summed E-state index contributed by atoms with van der Waals surface area (Å²) in [5, 5.41) is 0. The maximum Gasteiger partial charge on any atom is -0.0176 e. The van der Waals surface area contributed by atoms with E-state index >= 15 is 0 Å². The first kappa shape index (κ1) is 9.48. The summed E-state index contributed by atoms with van der Waals surface area (Å²) >= 11 is 0. The third-order valence-corrected chi connectivity index (χ3v) is 1.73. The van der Waals surface area contributed by atoms with Crippen LogP contribution in [0, 0.1) is 11.8 Å². The van der Waals surface area contributed by atoms with Gasteiger partial charge in [-0.05, 0) is 25.2 Å². The van der Waals surface area contributed by atoms with E-state index in [1.54, 1.807) is 0 Å². The Bertz CT molecular complexity index is 109. The summed E-state index contributed by atoms with van der Waals surface area (Å²) in [6, 6.07) is 0. The third kappa shape index (κ3) is 3.49. The first-order valence-corrected chi connectivity index (χ1v) is 3.96. The molecule has 0 aromatic heterocycles. The lowest BCUT2D eigenvalue weighted by molar-refractivity contribution is 0.470. The van der Waals surface area contributed by atoms with Crippen molar-refractivity contribution in [1.29, 1.82) is 0 Å². The normalized spacial score (nSPS) is 14.4. The largest absolute Gasteiger partial charge is 0.103 e. The second-order valence-electron chi connectivity index (χ2n) is 2.96. The Morgan fingerprint density at radius 2 is 2.00 bits per heavy atom. The molecule has 0 unspecified atom stereocenters. The second kappa shape index (κ2) is 5.28. The highest BCUT2D eigenvalue weighted by molar-refractivity contribution is 4.90. The van der Waals surface area contributed by atoms with E-state index in [2.05, 4.69) is 39.5 Å². The van der Waals surface area contributed by atoms with Crippen molar-refractivity contribution in [3.05, 3.63) is 24.8 Å². The van der Waals surface area contributed by atoms with Crippen molar-refractivity contribution in [2.75, 3.05) is 0 Å². The molecule has 0 spiro atoms. The van der Waals surface area contributed by atoms with Crippen molar-refractivity contribution in [2.45, 2.75) is 27.2 Å². The van der Waals surface area contributed by atoms with Crippen LogP contribution in [0.2, 0.25) is 0 Å². The van der Waals surface area contributed by atoms with Crippen molar-refractivity contribution in [1.82, 2.24) is 0 Å². The summed E-state index contributed by atoms with van der Waals surface area (Å²) in [4.78, 5) is 0. The van der Waals surface area contributed by atoms with Crippen LogP contribution in [0.15, 0.2) is 24.8 Å². The predicted molar refractivity (Wildman–Crippen MR) is 48.0 cm³/mol. The van der Waals surface area contributed by atoms with Gasteiger partial charge in [0.25, 0.3) is 0 Å². The van der Waals surface area contributed by atoms with Crippen LogP contribution >= 0.6 is 0 Å². The van der Waals surface area contributed by atoms with Gasteiger partial charge in [0.2, 0.25) is 0 Å². The van der Waals surface area contributed by atoms with E-state index in [9.17, 15) is 0 Å². The number of hydrogen-bond donors (Lipinski definition) is 0. The fourth-order valence-electron chi connectivity index (χ4n) is 1.01. The average Bonchev–Trinajstić information content (AvgIpc) is 1.87. The average molecular weight is 138 g/mol. The molecule has 0 amide bonds. The lowest BCUT2D eigenvalue weighted by atomic mass is 9.92. The van der Waals surface area contributed by atoms with E-state index in [-0.39, 0.29) is 0 Å².